The first-order chi connectivity index (χ1) is 7.17. The van der Waals surface area contributed by atoms with Crippen LogP contribution < -0.4 is 5.32 Å². The summed E-state index contributed by atoms with van der Waals surface area (Å²) in [6, 6.07) is -0.282. The molecule has 15 heavy (non-hydrogen) atoms. The molecule has 0 aliphatic carbocycles. The topological polar surface area (TPSA) is 54.9 Å². The molecule has 1 unspecified atom stereocenters. The normalized spacial score (nSPS) is 11.5. The van der Waals surface area contributed by atoms with Gasteiger partial charge in [0, 0.05) is 0 Å². The maximum absolute atomic E-state index is 11.5. The number of rotatable bonds is 3. The van der Waals surface area contributed by atoms with Crippen LogP contribution in [0.4, 0.5) is 0 Å². The molecule has 1 aromatic rings. The number of hydrogen-bond acceptors (Lipinski definition) is 3. The number of nitrogens with one attached hydrogen (secondary N) is 1. The van der Waals surface area contributed by atoms with Crippen LogP contribution >= 0.6 is 11.6 Å². The SMILES string of the molecule is C#CC(CC)NC(=O)c1cnc(Cl)cn1. The lowest BCUT2D eigenvalue weighted by atomic mass is 10.2. The molecule has 1 aromatic heterocycles. The van der Waals surface area contributed by atoms with Crippen LogP contribution in [0.2, 0.25) is 5.15 Å². The van der Waals surface area contributed by atoms with Crippen molar-refractivity contribution in [2.24, 2.45) is 0 Å². The van der Waals surface area contributed by atoms with Gasteiger partial charge in [0.15, 0.2) is 0 Å². The standard InChI is InChI=1S/C10H10ClN3O/c1-3-7(4-2)14-10(15)8-5-13-9(11)6-12-8/h1,5-7H,4H2,2H3,(H,14,15). The monoisotopic (exact) mass is 223 g/mol. The summed E-state index contributed by atoms with van der Waals surface area (Å²) in [5, 5.41) is 2.88. The molecule has 0 bridgehead atoms. The first kappa shape index (κ1) is 11.5. The molecule has 1 N–H and O–H groups in total. The minimum atomic E-state index is -0.344. The summed E-state index contributed by atoms with van der Waals surface area (Å²) in [4.78, 5) is 19.1. The van der Waals surface area contributed by atoms with Crippen LogP contribution in [0.3, 0.4) is 0 Å². The average molecular weight is 224 g/mol. The van der Waals surface area contributed by atoms with Crippen molar-refractivity contribution >= 4 is 17.5 Å². The van der Waals surface area contributed by atoms with Gasteiger partial charge in [-0.3, -0.25) is 4.79 Å². The van der Waals surface area contributed by atoms with Gasteiger partial charge in [-0.05, 0) is 6.42 Å². The molecule has 1 amide bonds. The Morgan fingerprint density at radius 2 is 2.40 bits per heavy atom. The fraction of sp³-hybridized carbons (Fsp3) is 0.300. The molecule has 0 saturated carbocycles. The quantitative estimate of drug-likeness (QED) is 0.786. The number of aromatic nitrogens is 2. The Hall–Kier alpha value is -1.60. The molecule has 1 atom stereocenters. The predicted molar refractivity (Wildman–Crippen MR) is 57.4 cm³/mol. The van der Waals surface area contributed by atoms with E-state index >= 15 is 0 Å². The molecule has 0 spiro atoms. The highest BCUT2D eigenvalue weighted by Gasteiger charge is 2.11. The highest BCUT2D eigenvalue weighted by molar-refractivity contribution is 6.29. The van der Waals surface area contributed by atoms with E-state index in [1.165, 1.54) is 12.4 Å². The van der Waals surface area contributed by atoms with Crippen LogP contribution in [0.25, 0.3) is 0 Å². The number of hydrogen-bond donors (Lipinski definition) is 1. The predicted octanol–water partition coefficient (Wildman–Crippen LogP) is 1.27. The van der Waals surface area contributed by atoms with Crippen LogP contribution in [0.5, 0.6) is 0 Å². The second kappa shape index (κ2) is 5.32. The zero-order valence-corrected chi connectivity index (χ0v) is 8.95. The minimum Gasteiger partial charge on any atom is -0.337 e. The molecule has 4 nitrogen and oxygen atoms in total. The summed E-state index contributed by atoms with van der Waals surface area (Å²) >= 11 is 5.54. The number of amides is 1. The number of carbonyl (C=O) groups excluding carboxylic acids is 1. The third-order valence-electron chi connectivity index (χ3n) is 1.77. The van der Waals surface area contributed by atoms with E-state index in [-0.39, 0.29) is 22.8 Å². The van der Waals surface area contributed by atoms with Gasteiger partial charge in [-0.15, -0.1) is 6.42 Å². The van der Waals surface area contributed by atoms with Gasteiger partial charge in [-0.2, -0.15) is 0 Å². The molecular formula is C10H10ClN3O. The summed E-state index contributed by atoms with van der Waals surface area (Å²) in [7, 11) is 0. The largest absolute Gasteiger partial charge is 0.337 e. The Labute approximate surface area is 93.1 Å². The molecule has 1 rings (SSSR count). The maximum Gasteiger partial charge on any atom is 0.272 e. The molecule has 5 heteroatoms. The fourth-order valence-electron chi connectivity index (χ4n) is 0.923. The van der Waals surface area contributed by atoms with E-state index in [0.717, 1.165) is 0 Å². The van der Waals surface area contributed by atoms with Crippen LogP contribution in [0.15, 0.2) is 12.4 Å². The second-order valence-corrected chi connectivity index (χ2v) is 3.21. The van der Waals surface area contributed by atoms with Crippen molar-refractivity contribution in [2.45, 2.75) is 19.4 Å². The van der Waals surface area contributed by atoms with E-state index in [1.54, 1.807) is 0 Å². The molecule has 78 valence electrons. The van der Waals surface area contributed by atoms with Crippen molar-refractivity contribution in [3.8, 4) is 12.3 Å². The third-order valence-corrected chi connectivity index (χ3v) is 1.96. The smallest absolute Gasteiger partial charge is 0.272 e. The Morgan fingerprint density at radius 1 is 1.67 bits per heavy atom. The number of halogens is 1. The molecule has 0 fully saturated rings. The van der Waals surface area contributed by atoms with Crippen LogP contribution in [0.1, 0.15) is 23.8 Å². The van der Waals surface area contributed by atoms with Crippen molar-refractivity contribution in [1.29, 1.82) is 0 Å². The van der Waals surface area contributed by atoms with E-state index in [0.29, 0.717) is 6.42 Å². The molecule has 0 saturated heterocycles. The third kappa shape index (κ3) is 3.22. The molecule has 0 aliphatic rings. The van der Waals surface area contributed by atoms with Gasteiger partial charge in [0.05, 0.1) is 18.4 Å². The molecule has 0 aliphatic heterocycles. The lowest BCUT2D eigenvalue weighted by Gasteiger charge is -2.09. The van der Waals surface area contributed by atoms with Gasteiger partial charge in [-0.1, -0.05) is 24.4 Å². The fourth-order valence-corrected chi connectivity index (χ4v) is 1.02. The molecular weight excluding hydrogens is 214 g/mol. The number of terminal acetylenes is 1. The number of nitrogens with zero attached hydrogens (tertiary/aromatic N) is 2. The summed E-state index contributed by atoms with van der Waals surface area (Å²) < 4.78 is 0. The number of carbonyl (C=O) groups is 1. The Balaban J connectivity index is 2.70. The lowest BCUT2D eigenvalue weighted by Crippen LogP contribution is -2.33. The van der Waals surface area contributed by atoms with Gasteiger partial charge in [0.25, 0.3) is 5.91 Å². The molecule has 0 aromatic carbocycles. The van der Waals surface area contributed by atoms with E-state index in [1.807, 2.05) is 6.92 Å². The summed E-state index contributed by atoms with van der Waals surface area (Å²) in [6.45, 7) is 1.89. The van der Waals surface area contributed by atoms with Crippen LogP contribution in [0, 0.1) is 12.3 Å². The van der Waals surface area contributed by atoms with Gasteiger partial charge in [-0.25, -0.2) is 9.97 Å². The average Bonchev–Trinajstić information content (AvgIpc) is 2.26. The van der Waals surface area contributed by atoms with Gasteiger partial charge >= 0.3 is 0 Å². The molecule has 0 radical (unpaired) electrons. The van der Waals surface area contributed by atoms with Crippen molar-refractivity contribution in [1.82, 2.24) is 15.3 Å². The van der Waals surface area contributed by atoms with E-state index < -0.39 is 0 Å². The van der Waals surface area contributed by atoms with Gasteiger partial charge in [0.2, 0.25) is 0 Å². The van der Waals surface area contributed by atoms with E-state index in [9.17, 15) is 4.79 Å². The van der Waals surface area contributed by atoms with E-state index in [2.05, 4.69) is 21.2 Å². The lowest BCUT2D eigenvalue weighted by molar-refractivity contribution is 0.0939. The molecule has 1 heterocycles. The van der Waals surface area contributed by atoms with E-state index in [4.69, 9.17) is 18.0 Å². The van der Waals surface area contributed by atoms with Gasteiger partial charge in [0.1, 0.15) is 10.8 Å². The Morgan fingerprint density at radius 3 is 2.87 bits per heavy atom. The highest BCUT2D eigenvalue weighted by atomic mass is 35.5. The Bertz CT molecular complexity index is 383. The van der Waals surface area contributed by atoms with Crippen LogP contribution in [-0.4, -0.2) is 21.9 Å². The van der Waals surface area contributed by atoms with Gasteiger partial charge < -0.3 is 5.32 Å². The Kier molecular flexibility index (Phi) is 4.07. The zero-order chi connectivity index (χ0) is 11.3. The minimum absolute atomic E-state index is 0.202. The van der Waals surface area contributed by atoms with Crippen molar-refractivity contribution < 1.29 is 4.79 Å². The van der Waals surface area contributed by atoms with Crippen molar-refractivity contribution in [2.75, 3.05) is 0 Å². The summed E-state index contributed by atoms with van der Waals surface area (Å²) in [6.07, 6.45) is 8.50. The summed E-state index contributed by atoms with van der Waals surface area (Å²) in [5.41, 5.74) is 0.202. The summed E-state index contributed by atoms with van der Waals surface area (Å²) in [5.74, 6) is 2.11. The first-order valence-electron chi connectivity index (χ1n) is 4.42. The zero-order valence-electron chi connectivity index (χ0n) is 8.20. The van der Waals surface area contributed by atoms with Crippen molar-refractivity contribution in [3.63, 3.8) is 0 Å². The maximum atomic E-state index is 11.5. The van der Waals surface area contributed by atoms with Crippen molar-refractivity contribution in [3.05, 3.63) is 23.2 Å². The highest BCUT2D eigenvalue weighted by Crippen LogP contribution is 2.01. The first-order valence-corrected chi connectivity index (χ1v) is 4.79. The second-order valence-electron chi connectivity index (χ2n) is 2.83. The van der Waals surface area contributed by atoms with Crippen LogP contribution in [-0.2, 0) is 0 Å².